The van der Waals surface area contributed by atoms with Crippen LogP contribution in [0.4, 0.5) is 0 Å². The van der Waals surface area contributed by atoms with E-state index in [2.05, 4.69) is 20.8 Å². The number of fused-ring (bicyclic) bond motifs is 7. The van der Waals surface area contributed by atoms with Crippen LogP contribution in [0, 0.1) is 52.3 Å². The van der Waals surface area contributed by atoms with Gasteiger partial charge in [0.15, 0.2) is 30.9 Å². The van der Waals surface area contributed by atoms with Crippen LogP contribution in [0.25, 0.3) is 0 Å². The fourth-order valence-corrected chi connectivity index (χ4v) is 15.6. The summed E-state index contributed by atoms with van der Waals surface area (Å²) in [6, 6.07) is 0. The number of rotatable bonds is 14. The Bertz CT molecular complexity index is 1890. The molecule has 0 aromatic heterocycles. The summed E-state index contributed by atoms with van der Waals surface area (Å²) >= 11 is 0. The second-order valence-corrected chi connectivity index (χ2v) is 24.4. The van der Waals surface area contributed by atoms with E-state index in [0.717, 1.165) is 38.5 Å². The van der Waals surface area contributed by atoms with E-state index < -0.39 is 148 Å². The molecule has 32 atom stereocenters. The Balaban J connectivity index is 0.841. The molecule has 0 bridgehead atoms. The Hall–Kier alpha value is -0.920. The number of aliphatic hydroxyl groups excluding tert-OH is 12. The van der Waals surface area contributed by atoms with Crippen LogP contribution < -0.4 is 0 Å². The third-order valence-corrected chi connectivity index (χ3v) is 20.2. The molecule has 4 saturated carbocycles. The maximum absolute atomic E-state index is 12.1. The highest BCUT2D eigenvalue weighted by Gasteiger charge is 2.69. The molecular formula is C51H86O23. The second kappa shape index (κ2) is 21.9. The smallest absolute Gasteiger partial charge is 0.226 e. The first kappa shape index (κ1) is 57.8. The van der Waals surface area contributed by atoms with Gasteiger partial charge < -0.3 is 114 Å². The molecule has 5 heterocycles. The maximum atomic E-state index is 12.1. The van der Waals surface area contributed by atoms with Gasteiger partial charge in [0.1, 0.15) is 79.4 Å². The average molecular weight is 1070 g/mol. The van der Waals surface area contributed by atoms with E-state index >= 15 is 0 Å². The van der Waals surface area contributed by atoms with E-state index in [9.17, 15) is 71.5 Å². The van der Waals surface area contributed by atoms with Gasteiger partial charge in [0.05, 0.1) is 44.2 Å². The molecule has 5 aliphatic heterocycles. The van der Waals surface area contributed by atoms with Gasteiger partial charge in [-0.25, -0.2) is 0 Å². The molecule has 14 N–H and O–H groups in total. The minimum atomic E-state index is -2.92. The van der Waals surface area contributed by atoms with E-state index in [1.807, 2.05) is 6.92 Å². The molecule has 428 valence electrons. The predicted octanol–water partition coefficient (Wildman–Crippen LogP) is -2.58. The van der Waals surface area contributed by atoms with Crippen LogP contribution in [0.1, 0.15) is 106 Å². The highest BCUT2D eigenvalue weighted by atomic mass is 16.8. The molecule has 23 heteroatoms. The Labute approximate surface area is 431 Å². The largest absolute Gasteiger partial charge is 0.394 e. The number of ether oxygens (including phenoxy) is 9. The van der Waals surface area contributed by atoms with Gasteiger partial charge in [-0.3, -0.25) is 0 Å². The summed E-state index contributed by atoms with van der Waals surface area (Å²) < 4.78 is 54.0. The summed E-state index contributed by atoms with van der Waals surface area (Å²) in [5, 5.41) is 151. The fraction of sp³-hybridized carbons (Fsp3) is 1.00. The number of hydrogen-bond acceptors (Lipinski definition) is 23. The van der Waals surface area contributed by atoms with Crippen LogP contribution in [0.5, 0.6) is 0 Å². The van der Waals surface area contributed by atoms with Crippen molar-refractivity contribution in [3.05, 3.63) is 0 Å². The van der Waals surface area contributed by atoms with E-state index in [4.69, 9.17) is 42.6 Å². The monoisotopic (exact) mass is 1070 g/mol. The lowest BCUT2D eigenvalue weighted by Crippen LogP contribution is -2.72. The molecule has 9 fully saturated rings. The zero-order chi connectivity index (χ0) is 53.7. The van der Waals surface area contributed by atoms with Crippen molar-refractivity contribution in [3.8, 4) is 0 Å². The normalized spacial score (nSPS) is 57.0. The topological polar surface area (TPSA) is 366 Å². The van der Waals surface area contributed by atoms with E-state index in [1.165, 1.54) is 13.8 Å². The molecule has 9 rings (SSSR count). The minimum absolute atomic E-state index is 0.0450. The Kier molecular flexibility index (Phi) is 17.1. The van der Waals surface area contributed by atoms with Gasteiger partial charge in [0, 0.05) is 12.3 Å². The Morgan fingerprint density at radius 1 is 0.608 bits per heavy atom. The summed E-state index contributed by atoms with van der Waals surface area (Å²) in [6.07, 6.45) is -22.8. The highest BCUT2D eigenvalue weighted by Crippen LogP contribution is 2.71. The lowest BCUT2D eigenvalue weighted by Gasteiger charge is -2.61. The molecule has 0 radical (unpaired) electrons. The first-order valence-corrected chi connectivity index (χ1v) is 27.2. The van der Waals surface area contributed by atoms with Crippen molar-refractivity contribution >= 4 is 0 Å². The van der Waals surface area contributed by atoms with Crippen molar-refractivity contribution in [2.45, 2.75) is 246 Å². The van der Waals surface area contributed by atoms with Gasteiger partial charge in [-0.2, -0.15) is 0 Å². The summed E-state index contributed by atoms with van der Waals surface area (Å²) in [6.45, 7) is 10.3. The lowest BCUT2D eigenvalue weighted by atomic mass is 9.44. The molecule has 9 aliphatic rings. The van der Waals surface area contributed by atoms with Gasteiger partial charge >= 0.3 is 0 Å². The summed E-state index contributed by atoms with van der Waals surface area (Å²) in [4.78, 5) is 0. The maximum Gasteiger partial charge on any atom is 0.226 e. The molecule has 74 heavy (non-hydrogen) atoms. The molecule has 4 aliphatic carbocycles. The predicted molar refractivity (Wildman–Crippen MR) is 250 cm³/mol. The zero-order valence-electron chi connectivity index (χ0n) is 43.3. The number of hydrogen-bond donors (Lipinski definition) is 14. The Morgan fingerprint density at radius 2 is 1.23 bits per heavy atom. The zero-order valence-corrected chi connectivity index (χ0v) is 43.3. The number of aliphatic hydroxyl groups is 14. The summed E-state index contributed by atoms with van der Waals surface area (Å²) in [5.41, 5.74) is -0.0984. The SMILES string of the molecule is CC(CCC1(O)OC2CC3C4CCC5CC(OC6OC(CO)C(O)(OC7OC(C)C(O)C(O)C7O)C(O)C6OC6OC(C)C(O)C(O)C6O)CCC5(C)C4CCC3(C)C2C1C)COC1OC(CO)C(O)C(O)C1O. The van der Waals surface area contributed by atoms with Crippen molar-refractivity contribution in [1.82, 2.24) is 0 Å². The van der Waals surface area contributed by atoms with Crippen molar-refractivity contribution in [1.29, 1.82) is 0 Å². The quantitative estimate of drug-likeness (QED) is 0.0627. The molecule has 0 amide bonds. The molecule has 0 aromatic rings. The molecule has 23 nitrogen and oxygen atoms in total. The third-order valence-electron chi connectivity index (χ3n) is 20.2. The average Bonchev–Trinajstić information content (AvgIpc) is 3.82. The molecule has 5 saturated heterocycles. The third kappa shape index (κ3) is 9.97. The highest BCUT2D eigenvalue weighted by molar-refractivity contribution is 5.15. The van der Waals surface area contributed by atoms with E-state index in [1.54, 1.807) is 0 Å². The first-order valence-electron chi connectivity index (χ1n) is 27.2. The molecule has 0 spiro atoms. The summed E-state index contributed by atoms with van der Waals surface area (Å²) in [7, 11) is 0. The first-order chi connectivity index (χ1) is 34.8. The van der Waals surface area contributed by atoms with Crippen molar-refractivity contribution < 1.29 is 114 Å². The van der Waals surface area contributed by atoms with Gasteiger partial charge in [-0.05, 0) is 118 Å². The molecule has 32 unspecified atom stereocenters. The lowest BCUT2D eigenvalue weighted by molar-refractivity contribution is -0.454. The van der Waals surface area contributed by atoms with Crippen molar-refractivity contribution in [3.63, 3.8) is 0 Å². The van der Waals surface area contributed by atoms with Crippen LogP contribution >= 0.6 is 0 Å². The van der Waals surface area contributed by atoms with Crippen LogP contribution in [-0.4, -0.2) is 232 Å². The van der Waals surface area contributed by atoms with Crippen LogP contribution in [0.15, 0.2) is 0 Å². The Morgan fingerprint density at radius 3 is 1.89 bits per heavy atom. The fourth-order valence-electron chi connectivity index (χ4n) is 15.6. The van der Waals surface area contributed by atoms with Gasteiger partial charge in [0.25, 0.3) is 0 Å². The van der Waals surface area contributed by atoms with E-state index in [-0.39, 0.29) is 47.2 Å². The minimum Gasteiger partial charge on any atom is -0.394 e. The van der Waals surface area contributed by atoms with Crippen LogP contribution in [-0.2, 0) is 42.6 Å². The van der Waals surface area contributed by atoms with Crippen LogP contribution in [0.3, 0.4) is 0 Å². The van der Waals surface area contributed by atoms with Gasteiger partial charge in [-0.15, -0.1) is 0 Å². The summed E-state index contributed by atoms with van der Waals surface area (Å²) in [5.74, 6) is -2.84. The van der Waals surface area contributed by atoms with Gasteiger partial charge in [-0.1, -0.05) is 27.7 Å². The van der Waals surface area contributed by atoms with Crippen molar-refractivity contribution in [2.75, 3.05) is 19.8 Å². The van der Waals surface area contributed by atoms with Gasteiger partial charge in [0.2, 0.25) is 5.79 Å². The van der Waals surface area contributed by atoms with Crippen LogP contribution in [0.2, 0.25) is 0 Å². The standard InChI is InChI=1S/C51H86O23/c1-20(19-66-44-39(60)38(59)35(56)30(17-52)70-44)9-14-50(64)21(2)32-29(73-50)16-28-26-8-7-24-15-25(10-12-48(24,5)27(26)11-13-49(28,32)6)69-47-42(72-45-40(61)36(57)33(54)22(3)67-45)43(63)51(65,31(18-53)71-47)74-46-41(62)37(58)34(55)23(4)68-46/h20-47,52-65H,7-19H2,1-6H3. The second-order valence-electron chi connectivity index (χ2n) is 24.4. The van der Waals surface area contributed by atoms with E-state index in [0.29, 0.717) is 43.4 Å². The molecule has 0 aromatic carbocycles. The molecular weight excluding hydrogens is 981 g/mol. The van der Waals surface area contributed by atoms with Crippen molar-refractivity contribution in [2.24, 2.45) is 52.3 Å².